The number of aromatic nitrogens is 3. The second-order valence-corrected chi connectivity index (χ2v) is 8.09. The lowest BCUT2D eigenvalue weighted by Crippen LogP contribution is -2.09. The molecule has 0 aliphatic carbocycles. The molecule has 4 aromatic rings. The minimum atomic E-state index is -4.53. The number of nitrogens with one attached hydrogen (secondary N) is 3. The van der Waals surface area contributed by atoms with Crippen molar-refractivity contribution in [3.63, 3.8) is 0 Å². The van der Waals surface area contributed by atoms with E-state index in [4.69, 9.17) is 23.2 Å². The number of hydrogen-bond acceptors (Lipinski definition) is 6. The molecule has 1 heterocycles. The third kappa shape index (κ3) is 6.06. The summed E-state index contributed by atoms with van der Waals surface area (Å²) in [6, 6.07) is 17.3. The molecule has 0 radical (unpaired) electrons. The van der Waals surface area contributed by atoms with E-state index in [1.807, 2.05) is 31.2 Å². The Morgan fingerprint density at radius 2 is 1.32 bits per heavy atom. The first-order chi connectivity index (χ1) is 16.2. The first-order valence-electron chi connectivity index (χ1n) is 9.92. The third-order valence-corrected chi connectivity index (χ3v) is 5.13. The molecule has 0 spiro atoms. The molecule has 0 saturated heterocycles. The summed E-state index contributed by atoms with van der Waals surface area (Å²) in [6.07, 6.45) is -4.53. The highest BCUT2D eigenvalue weighted by Crippen LogP contribution is 2.35. The van der Waals surface area contributed by atoms with Crippen LogP contribution < -0.4 is 16.0 Å². The Kier molecular flexibility index (Phi) is 6.76. The van der Waals surface area contributed by atoms with Crippen LogP contribution in [0.4, 0.5) is 48.1 Å². The van der Waals surface area contributed by atoms with Gasteiger partial charge in [-0.15, -0.1) is 0 Å². The Bertz CT molecular complexity index is 1310. The van der Waals surface area contributed by atoms with Crippen molar-refractivity contribution in [2.75, 3.05) is 16.0 Å². The predicted molar refractivity (Wildman–Crippen MR) is 129 cm³/mol. The van der Waals surface area contributed by atoms with Gasteiger partial charge in [0.25, 0.3) is 0 Å². The lowest BCUT2D eigenvalue weighted by Gasteiger charge is -2.14. The first-order valence-corrected chi connectivity index (χ1v) is 10.7. The number of hydrogen-bond donors (Lipinski definition) is 3. The number of benzene rings is 3. The minimum absolute atomic E-state index is 0.00152. The molecule has 174 valence electrons. The molecular weight excluding hydrogens is 488 g/mol. The van der Waals surface area contributed by atoms with Gasteiger partial charge in [-0.3, -0.25) is 0 Å². The van der Waals surface area contributed by atoms with E-state index in [0.29, 0.717) is 10.7 Å². The van der Waals surface area contributed by atoms with Crippen molar-refractivity contribution in [3.8, 4) is 0 Å². The van der Waals surface area contributed by atoms with Crippen molar-refractivity contribution in [3.05, 3.63) is 87.9 Å². The van der Waals surface area contributed by atoms with E-state index in [1.54, 1.807) is 24.3 Å². The van der Waals surface area contributed by atoms with Gasteiger partial charge >= 0.3 is 6.18 Å². The van der Waals surface area contributed by atoms with Gasteiger partial charge in [-0.25, -0.2) is 0 Å². The van der Waals surface area contributed by atoms with Crippen molar-refractivity contribution in [2.45, 2.75) is 13.1 Å². The molecule has 0 saturated carbocycles. The van der Waals surface area contributed by atoms with Crippen LogP contribution in [-0.4, -0.2) is 15.0 Å². The molecule has 3 N–H and O–H groups in total. The van der Waals surface area contributed by atoms with E-state index in [-0.39, 0.29) is 28.6 Å². The van der Waals surface area contributed by atoms with E-state index in [1.165, 1.54) is 0 Å². The highest BCUT2D eigenvalue weighted by atomic mass is 35.5. The largest absolute Gasteiger partial charge is 0.416 e. The van der Waals surface area contributed by atoms with Crippen LogP contribution in [0.2, 0.25) is 10.0 Å². The molecule has 1 aromatic heterocycles. The molecule has 0 aliphatic heterocycles. The first kappa shape index (κ1) is 23.6. The lowest BCUT2D eigenvalue weighted by atomic mass is 10.2. The standard InChI is InChI=1S/C23H17Cl2F3N6/c1-13-3-2-4-17(11-13)30-21-32-20(29-16-8-6-15(24)7-9-16)33-22(34-21)31-19-12-14(23(26,27)28)5-10-18(19)25/h2-12H,1H3,(H3,29,30,31,32,33,34). The van der Waals surface area contributed by atoms with E-state index in [9.17, 15) is 13.2 Å². The van der Waals surface area contributed by atoms with Crippen LogP contribution in [0.15, 0.2) is 66.7 Å². The molecule has 11 heteroatoms. The molecule has 3 aromatic carbocycles. The summed E-state index contributed by atoms with van der Waals surface area (Å²) in [6.45, 7) is 1.94. The summed E-state index contributed by atoms with van der Waals surface area (Å²) in [7, 11) is 0. The number of halogens is 5. The zero-order valence-corrected chi connectivity index (χ0v) is 19.1. The van der Waals surface area contributed by atoms with Gasteiger partial charge in [-0.2, -0.15) is 28.1 Å². The maximum atomic E-state index is 13.2. The van der Waals surface area contributed by atoms with Crippen molar-refractivity contribution in [1.82, 2.24) is 15.0 Å². The third-order valence-electron chi connectivity index (χ3n) is 4.55. The molecule has 0 aliphatic rings. The average Bonchev–Trinajstić information content (AvgIpc) is 2.76. The fourth-order valence-corrected chi connectivity index (χ4v) is 3.27. The Morgan fingerprint density at radius 3 is 1.94 bits per heavy atom. The highest BCUT2D eigenvalue weighted by Gasteiger charge is 2.31. The van der Waals surface area contributed by atoms with Gasteiger partial charge in [-0.1, -0.05) is 35.3 Å². The Balaban J connectivity index is 1.70. The number of rotatable bonds is 6. The number of alkyl halides is 3. The van der Waals surface area contributed by atoms with Crippen LogP contribution in [-0.2, 0) is 6.18 Å². The summed E-state index contributed by atoms with van der Waals surface area (Å²) < 4.78 is 39.5. The van der Waals surface area contributed by atoms with Gasteiger partial charge in [0, 0.05) is 16.4 Å². The van der Waals surface area contributed by atoms with Gasteiger partial charge < -0.3 is 16.0 Å². The Morgan fingerprint density at radius 1 is 0.706 bits per heavy atom. The molecule has 6 nitrogen and oxygen atoms in total. The fraction of sp³-hybridized carbons (Fsp3) is 0.0870. The van der Waals surface area contributed by atoms with Crippen molar-refractivity contribution in [1.29, 1.82) is 0 Å². The molecule has 0 fully saturated rings. The summed E-state index contributed by atoms with van der Waals surface area (Å²) in [5.41, 5.74) is 1.55. The topological polar surface area (TPSA) is 74.8 Å². The van der Waals surface area contributed by atoms with Crippen LogP contribution in [0.25, 0.3) is 0 Å². The van der Waals surface area contributed by atoms with Crippen LogP contribution in [0, 0.1) is 6.92 Å². The van der Waals surface area contributed by atoms with Crippen molar-refractivity contribution < 1.29 is 13.2 Å². The zero-order valence-electron chi connectivity index (χ0n) is 17.6. The maximum Gasteiger partial charge on any atom is 0.416 e. The van der Waals surface area contributed by atoms with E-state index in [2.05, 4.69) is 30.9 Å². The van der Waals surface area contributed by atoms with Gasteiger partial charge in [0.05, 0.1) is 16.3 Å². The lowest BCUT2D eigenvalue weighted by molar-refractivity contribution is -0.137. The monoisotopic (exact) mass is 504 g/mol. The number of anilines is 6. The average molecular weight is 505 g/mol. The van der Waals surface area contributed by atoms with Crippen LogP contribution in [0.5, 0.6) is 0 Å². The Hall–Kier alpha value is -3.56. The van der Waals surface area contributed by atoms with Gasteiger partial charge in [0.2, 0.25) is 17.8 Å². The smallest absolute Gasteiger partial charge is 0.324 e. The minimum Gasteiger partial charge on any atom is -0.324 e. The van der Waals surface area contributed by atoms with E-state index < -0.39 is 11.7 Å². The van der Waals surface area contributed by atoms with Gasteiger partial charge in [0.1, 0.15) is 0 Å². The zero-order chi connectivity index (χ0) is 24.3. The predicted octanol–water partition coefficient (Wildman–Crippen LogP) is 7.74. The van der Waals surface area contributed by atoms with Crippen LogP contribution >= 0.6 is 23.2 Å². The van der Waals surface area contributed by atoms with E-state index >= 15 is 0 Å². The summed E-state index contributed by atoms with van der Waals surface area (Å²) in [5.74, 6) is 0.309. The van der Waals surface area contributed by atoms with Gasteiger partial charge in [-0.05, 0) is 67.1 Å². The Labute approximate surface area is 203 Å². The summed E-state index contributed by atoms with van der Waals surface area (Å²) >= 11 is 12.1. The van der Waals surface area contributed by atoms with Crippen LogP contribution in [0.3, 0.4) is 0 Å². The van der Waals surface area contributed by atoms with Crippen molar-refractivity contribution in [2.24, 2.45) is 0 Å². The number of nitrogens with zero attached hydrogens (tertiary/aromatic N) is 3. The maximum absolute atomic E-state index is 13.2. The highest BCUT2D eigenvalue weighted by molar-refractivity contribution is 6.33. The van der Waals surface area contributed by atoms with Crippen molar-refractivity contribution >= 4 is 58.1 Å². The summed E-state index contributed by atoms with van der Waals surface area (Å²) in [5, 5.41) is 9.51. The van der Waals surface area contributed by atoms with E-state index in [0.717, 1.165) is 29.4 Å². The number of aryl methyl sites for hydroxylation is 1. The molecule has 34 heavy (non-hydrogen) atoms. The fourth-order valence-electron chi connectivity index (χ4n) is 2.98. The summed E-state index contributed by atoms with van der Waals surface area (Å²) in [4.78, 5) is 12.9. The molecule has 0 amide bonds. The van der Waals surface area contributed by atoms with Gasteiger partial charge in [0.15, 0.2) is 0 Å². The normalized spacial score (nSPS) is 11.2. The molecule has 4 rings (SSSR count). The molecule has 0 unspecified atom stereocenters. The second-order valence-electron chi connectivity index (χ2n) is 7.25. The van der Waals surface area contributed by atoms with Crippen LogP contribution in [0.1, 0.15) is 11.1 Å². The molecular formula is C23H17Cl2F3N6. The molecule has 0 bridgehead atoms. The molecule has 0 atom stereocenters. The quantitative estimate of drug-likeness (QED) is 0.249. The SMILES string of the molecule is Cc1cccc(Nc2nc(Nc3ccc(Cl)cc3)nc(Nc3cc(C(F)(F)F)ccc3Cl)n2)c1. The second kappa shape index (κ2) is 9.74.